The number of piperidine rings is 1. The number of benzene rings is 1. The molecule has 1 aromatic carbocycles. The molecule has 0 saturated carbocycles. The van der Waals surface area contributed by atoms with E-state index in [0.717, 1.165) is 50.1 Å². The smallest absolute Gasteiger partial charge is 0.151 e. The minimum atomic E-state index is -0.240. The highest BCUT2D eigenvalue weighted by Gasteiger charge is 2.36. The molecule has 102 valence electrons. The van der Waals surface area contributed by atoms with E-state index < -0.39 is 0 Å². The van der Waals surface area contributed by atoms with E-state index in [-0.39, 0.29) is 11.2 Å². The Morgan fingerprint density at radius 3 is 3.00 bits per heavy atom. The Morgan fingerprint density at radius 2 is 2.32 bits per heavy atom. The molecule has 0 aliphatic carbocycles. The van der Waals surface area contributed by atoms with Gasteiger partial charge in [-0.1, -0.05) is 19.4 Å². The van der Waals surface area contributed by atoms with Gasteiger partial charge in [0.2, 0.25) is 0 Å². The highest BCUT2D eigenvalue weighted by Crippen LogP contribution is 2.35. The van der Waals surface area contributed by atoms with Gasteiger partial charge in [0.15, 0.2) is 5.82 Å². The van der Waals surface area contributed by atoms with Gasteiger partial charge in [-0.25, -0.2) is 9.37 Å². The molecule has 1 aliphatic rings. The zero-order valence-electron chi connectivity index (χ0n) is 11.3. The van der Waals surface area contributed by atoms with Gasteiger partial charge in [-0.2, -0.15) is 0 Å². The lowest BCUT2D eigenvalue weighted by Crippen LogP contribution is -2.44. The molecule has 1 fully saturated rings. The Bertz CT molecular complexity index is 564. The van der Waals surface area contributed by atoms with Gasteiger partial charge < -0.3 is 10.3 Å². The van der Waals surface area contributed by atoms with Crippen LogP contribution in [0.25, 0.3) is 11.0 Å². The third-order valence-electron chi connectivity index (χ3n) is 4.17. The van der Waals surface area contributed by atoms with Crippen LogP contribution in [0.15, 0.2) is 18.2 Å². The van der Waals surface area contributed by atoms with Crippen molar-refractivity contribution in [1.82, 2.24) is 15.3 Å². The van der Waals surface area contributed by atoms with Crippen LogP contribution in [0.1, 0.15) is 38.4 Å². The van der Waals surface area contributed by atoms with Crippen LogP contribution in [0.3, 0.4) is 0 Å². The third kappa shape index (κ3) is 2.14. The number of para-hydroxylation sites is 1. The summed E-state index contributed by atoms with van der Waals surface area (Å²) >= 11 is 0. The number of halogens is 1. The lowest BCUT2D eigenvalue weighted by atomic mass is 9.76. The van der Waals surface area contributed by atoms with Gasteiger partial charge in [-0.05, 0) is 37.9 Å². The first-order chi connectivity index (χ1) is 9.25. The number of aromatic amines is 1. The molecule has 2 N–H and O–H groups in total. The fourth-order valence-electron chi connectivity index (χ4n) is 3.23. The Balaban J connectivity index is 2.07. The highest BCUT2D eigenvalue weighted by molar-refractivity contribution is 5.75. The van der Waals surface area contributed by atoms with E-state index >= 15 is 0 Å². The number of nitrogens with one attached hydrogen (secondary N) is 2. The average molecular weight is 261 g/mol. The molecule has 0 bridgehead atoms. The van der Waals surface area contributed by atoms with Crippen LogP contribution in [-0.4, -0.2) is 23.1 Å². The van der Waals surface area contributed by atoms with Gasteiger partial charge >= 0.3 is 0 Å². The first-order valence-corrected chi connectivity index (χ1v) is 7.11. The lowest BCUT2D eigenvalue weighted by molar-refractivity contribution is 0.278. The molecule has 1 saturated heterocycles. The maximum Gasteiger partial charge on any atom is 0.151 e. The van der Waals surface area contributed by atoms with E-state index in [0.29, 0.717) is 5.52 Å². The quantitative estimate of drug-likeness (QED) is 0.891. The molecule has 0 spiro atoms. The first kappa shape index (κ1) is 12.6. The normalized spacial score (nSPS) is 23.9. The predicted octanol–water partition coefficient (Wildman–Crippen LogP) is 3.12. The molecule has 2 aromatic rings. The number of hydrogen-bond acceptors (Lipinski definition) is 2. The minimum Gasteiger partial charge on any atom is -0.341 e. The molecule has 4 heteroatoms. The molecule has 0 amide bonds. The second-order valence-electron chi connectivity index (χ2n) is 5.53. The van der Waals surface area contributed by atoms with Crippen molar-refractivity contribution in [3.8, 4) is 0 Å². The SMILES string of the molecule is CCCC1(c2nc3c(F)cccc3[nH]2)CCCNC1. The van der Waals surface area contributed by atoms with Crippen molar-refractivity contribution in [1.29, 1.82) is 0 Å². The molecule has 2 heterocycles. The van der Waals surface area contributed by atoms with Crippen molar-refractivity contribution >= 4 is 11.0 Å². The molecule has 3 rings (SSSR count). The van der Waals surface area contributed by atoms with Crippen LogP contribution in [0.2, 0.25) is 0 Å². The summed E-state index contributed by atoms with van der Waals surface area (Å²) in [5.74, 6) is 0.706. The van der Waals surface area contributed by atoms with E-state index in [1.165, 1.54) is 6.07 Å². The Labute approximate surface area is 112 Å². The topological polar surface area (TPSA) is 40.7 Å². The van der Waals surface area contributed by atoms with Gasteiger partial charge in [-0.3, -0.25) is 0 Å². The minimum absolute atomic E-state index is 0.0401. The van der Waals surface area contributed by atoms with Crippen LogP contribution < -0.4 is 5.32 Å². The van der Waals surface area contributed by atoms with Gasteiger partial charge in [0.1, 0.15) is 11.3 Å². The number of H-pyrrole nitrogens is 1. The van der Waals surface area contributed by atoms with Crippen molar-refractivity contribution < 1.29 is 4.39 Å². The van der Waals surface area contributed by atoms with Crippen LogP contribution >= 0.6 is 0 Å². The zero-order chi connectivity index (χ0) is 13.3. The average Bonchev–Trinajstić information content (AvgIpc) is 2.86. The molecular formula is C15H20FN3. The Kier molecular flexibility index (Phi) is 3.27. The van der Waals surface area contributed by atoms with Crippen molar-refractivity contribution in [2.45, 2.75) is 38.0 Å². The monoisotopic (exact) mass is 261 g/mol. The van der Waals surface area contributed by atoms with Gasteiger partial charge in [-0.15, -0.1) is 0 Å². The fourth-order valence-corrected chi connectivity index (χ4v) is 3.23. The number of fused-ring (bicyclic) bond motifs is 1. The predicted molar refractivity (Wildman–Crippen MR) is 74.7 cm³/mol. The third-order valence-corrected chi connectivity index (χ3v) is 4.17. The van der Waals surface area contributed by atoms with Crippen molar-refractivity contribution in [2.24, 2.45) is 0 Å². The maximum atomic E-state index is 13.8. The molecule has 1 aromatic heterocycles. The van der Waals surface area contributed by atoms with Crippen LogP contribution in [0.5, 0.6) is 0 Å². The zero-order valence-corrected chi connectivity index (χ0v) is 11.3. The van der Waals surface area contributed by atoms with E-state index in [1.807, 2.05) is 6.07 Å². The van der Waals surface area contributed by atoms with E-state index in [2.05, 4.69) is 22.2 Å². The van der Waals surface area contributed by atoms with Gasteiger partial charge in [0, 0.05) is 12.0 Å². The van der Waals surface area contributed by atoms with Gasteiger partial charge in [0.25, 0.3) is 0 Å². The highest BCUT2D eigenvalue weighted by atomic mass is 19.1. The van der Waals surface area contributed by atoms with Crippen LogP contribution in [0.4, 0.5) is 4.39 Å². The Morgan fingerprint density at radius 1 is 1.42 bits per heavy atom. The van der Waals surface area contributed by atoms with Crippen molar-refractivity contribution in [3.05, 3.63) is 29.8 Å². The molecular weight excluding hydrogens is 241 g/mol. The summed E-state index contributed by atoms with van der Waals surface area (Å²) in [4.78, 5) is 7.90. The second-order valence-corrected chi connectivity index (χ2v) is 5.53. The van der Waals surface area contributed by atoms with Crippen LogP contribution in [0, 0.1) is 5.82 Å². The van der Waals surface area contributed by atoms with E-state index in [9.17, 15) is 4.39 Å². The van der Waals surface area contributed by atoms with E-state index in [4.69, 9.17) is 0 Å². The summed E-state index contributed by atoms with van der Waals surface area (Å²) in [7, 11) is 0. The molecule has 3 nitrogen and oxygen atoms in total. The summed E-state index contributed by atoms with van der Waals surface area (Å²) in [5, 5.41) is 3.46. The standard InChI is InChI=1S/C15H20FN3/c1-2-7-15(8-4-9-17-10-15)14-18-12-6-3-5-11(16)13(12)19-14/h3,5-6,17H,2,4,7-10H2,1H3,(H,18,19). The summed E-state index contributed by atoms with van der Waals surface area (Å²) < 4.78 is 13.8. The molecule has 0 radical (unpaired) electrons. The summed E-state index contributed by atoms with van der Waals surface area (Å²) in [5.41, 5.74) is 1.31. The van der Waals surface area contributed by atoms with Gasteiger partial charge in [0.05, 0.1) is 5.52 Å². The maximum absolute atomic E-state index is 13.8. The lowest BCUT2D eigenvalue weighted by Gasteiger charge is -2.36. The molecule has 1 atom stereocenters. The summed E-state index contributed by atoms with van der Waals surface area (Å²) in [6.07, 6.45) is 4.47. The van der Waals surface area contributed by atoms with Crippen molar-refractivity contribution in [2.75, 3.05) is 13.1 Å². The summed E-state index contributed by atoms with van der Waals surface area (Å²) in [6, 6.07) is 5.09. The number of rotatable bonds is 3. The molecule has 19 heavy (non-hydrogen) atoms. The first-order valence-electron chi connectivity index (χ1n) is 7.11. The summed E-state index contributed by atoms with van der Waals surface area (Å²) in [6.45, 7) is 4.20. The number of imidazole rings is 1. The van der Waals surface area contributed by atoms with E-state index in [1.54, 1.807) is 6.07 Å². The number of aromatic nitrogens is 2. The molecule has 1 aliphatic heterocycles. The fraction of sp³-hybridized carbons (Fsp3) is 0.533. The molecule has 1 unspecified atom stereocenters. The second kappa shape index (κ2) is 4.93. The largest absolute Gasteiger partial charge is 0.341 e. The number of nitrogens with zero attached hydrogens (tertiary/aromatic N) is 1. The van der Waals surface area contributed by atoms with Crippen LogP contribution in [-0.2, 0) is 5.41 Å². The van der Waals surface area contributed by atoms with Crippen molar-refractivity contribution in [3.63, 3.8) is 0 Å². The number of hydrogen-bond donors (Lipinski definition) is 2. The Hall–Kier alpha value is -1.42.